The van der Waals surface area contributed by atoms with Crippen LogP contribution in [0.5, 0.6) is 0 Å². The van der Waals surface area contributed by atoms with E-state index in [-0.39, 0.29) is 11.6 Å². The maximum Gasteiger partial charge on any atom is 0.277 e. The van der Waals surface area contributed by atoms with Crippen LogP contribution in [-0.2, 0) is 7.05 Å². The molecule has 0 aliphatic carbocycles. The first-order chi connectivity index (χ1) is 11.5. The number of aromatic nitrogens is 4. The van der Waals surface area contributed by atoms with Crippen LogP contribution in [0.1, 0.15) is 21.9 Å². The van der Waals surface area contributed by atoms with Crippen LogP contribution >= 0.6 is 23.4 Å². The topological polar surface area (TPSA) is 75.6 Å². The van der Waals surface area contributed by atoms with E-state index in [9.17, 15) is 4.79 Å². The van der Waals surface area contributed by atoms with Crippen LogP contribution < -0.4 is 5.32 Å². The third kappa shape index (κ3) is 3.32. The lowest BCUT2D eigenvalue weighted by molar-refractivity contribution is 0.102. The summed E-state index contributed by atoms with van der Waals surface area (Å²) in [5, 5.41) is 14.5. The molecule has 2 N–H and O–H groups in total. The number of rotatable bonds is 4. The summed E-state index contributed by atoms with van der Waals surface area (Å²) >= 11 is 7.59. The van der Waals surface area contributed by atoms with Crippen molar-refractivity contribution in [1.82, 2.24) is 20.0 Å². The van der Waals surface area contributed by atoms with Gasteiger partial charge in [-0.25, -0.2) is 0 Å². The molecular formula is C16H16ClN5OS. The summed E-state index contributed by atoms with van der Waals surface area (Å²) in [4.78, 5) is 14.4. The van der Waals surface area contributed by atoms with E-state index in [1.165, 1.54) is 4.68 Å². The molecule has 1 amide bonds. The van der Waals surface area contributed by atoms with Gasteiger partial charge in [0.25, 0.3) is 5.91 Å². The van der Waals surface area contributed by atoms with Gasteiger partial charge in [-0.05, 0) is 26.0 Å². The lowest BCUT2D eigenvalue weighted by atomic mass is 10.3. The van der Waals surface area contributed by atoms with Gasteiger partial charge < -0.3 is 5.32 Å². The molecule has 2 aromatic heterocycles. The summed E-state index contributed by atoms with van der Waals surface area (Å²) in [6.07, 6.45) is 1.59. The van der Waals surface area contributed by atoms with Crippen molar-refractivity contribution >= 4 is 35.0 Å². The quantitative estimate of drug-likeness (QED) is 0.740. The molecule has 0 saturated heterocycles. The molecule has 0 spiro atoms. The Labute approximate surface area is 148 Å². The Hall–Kier alpha value is -2.25. The van der Waals surface area contributed by atoms with Gasteiger partial charge in [-0.2, -0.15) is 10.2 Å². The molecule has 0 unspecified atom stereocenters. The zero-order valence-electron chi connectivity index (χ0n) is 13.4. The molecule has 0 aliphatic rings. The lowest BCUT2D eigenvalue weighted by Gasteiger charge is -2.10. The Morgan fingerprint density at radius 1 is 1.33 bits per heavy atom. The number of hydrogen-bond acceptors (Lipinski definition) is 4. The van der Waals surface area contributed by atoms with Gasteiger partial charge in [-0.15, -0.1) is 0 Å². The second kappa shape index (κ2) is 6.70. The van der Waals surface area contributed by atoms with Crippen molar-refractivity contribution < 1.29 is 4.79 Å². The van der Waals surface area contributed by atoms with Crippen molar-refractivity contribution in [3.63, 3.8) is 0 Å². The number of amides is 1. The second-order valence-corrected chi connectivity index (χ2v) is 6.77. The van der Waals surface area contributed by atoms with E-state index in [0.717, 1.165) is 21.2 Å². The molecule has 0 saturated carbocycles. The first-order valence-corrected chi connectivity index (χ1v) is 8.44. The van der Waals surface area contributed by atoms with E-state index in [0.29, 0.717) is 10.7 Å². The van der Waals surface area contributed by atoms with Gasteiger partial charge in [0.2, 0.25) is 0 Å². The van der Waals surface area contributed by atoms with Crippen LogP contribution in [0.4, 0.5) is 5.69 Å². The molecule has 0 aliphatic heterocycles. The van der Waals surface area contributed by atoms with E-state index in [1.54, 1.807) is 25.0 Å². The molecule has 1 aromatic carbocycles. The molecule has 3 rings (SSSR count). The maximum atomic E-state index is 12.4. The lowest BCUT2D eigenvalue weighted by Crippen LogP contribution is -2.14. The highest BCUT2D eigenvalue weighted by Crippen LogP contribution is 2.36. The van der Waals surface area contributed by atoms with Crippen LogP contribution in [0.25, 0.3) is 0 Å². The Kier molecular flexibility index (Phi) is 4.64. The zero-order chi connectivity index (χ0) is 17.3. The number of nitrogens with zero attached hydrogens (tertiary/aromatic N) is 3. The Balaban J connectivity index is 1.87. The number of anilines is 1. The molecule has 2 heterocycles. The standard InChI is InChI=1S/C16H16ClN5OS/c1-9-15(10(2)20-19-9)24-13-7-5-4-6-12(13)18-16(23)14-11(17)8-22(3)21-14/h4-8H,1-3H3,(H,18,23)(H,19,20). The number of benzene rings is 1. The van der Waals surface area contributed by atoms with Gasteiger partial charge in [0.1, 0.15) is 0 Å². The molecule has 3 aromatic rings. The third-order valence-electron chi connectivity index (χ3n) is 3.41. The number of carbonyl (C=O) groups excluding carboxylic acids is 1. The number of hydrogen-bond donors (Lipinski definition) is 2. The Morgan fingerprint density at radius 3 is 2.71 bits per heavy atom. The molecule has 8 heteroatoms. The summed E-state index contributed by atoms with van der Waals surface area (Å²) in [5.74, 6) is -0.339. The Bertz CT molecular complexity index is 882. The van der Waals surface area contributed by atoms with E-state index < -0.39 is 0 Å². The fraction of sp³-hybridized carbons (Fsp3) is 0.188. The average molecular weight is 362 g/mol. The van der Waals surface area contributed by atoms with Crippen LogP contribution in [-0.4, -0.2) is 25.9 Å². The van der Waals surface area contributed by atoms with Crippen LogP contribution in [0.3, 0.4) is 0 Å². The molecule has 0 radical (unpaired) electrons. The molecule has 6 nitrogen and oxygen atoms in total. The van der Waals surface area contributed by atoms with E-state index in [2.05, 4.69) is 20.6 Å². The summed E-state index contributed by atoms with van der Waals surface area (Å²) in [5.41, 5.74) is 2.82. The monoisotopic (exact) mass is 361 g/mol. The highest BCUT2D eigenvalue weighted by atomic mass is 35.5. The Morgan fingerprint density at radius 2 is 2.08 bits per heavy atom. The zero-order valence-corrected chi connectivity index (χ0v) is 15.0. The van der Waals surface area contributed by atoms with Crippen molar-refractivity contribution in [1.29, 1.82) is 0 Å². The van der Waals surface area contributed by atoms with E-state index in [4.69, 9.17) is 11.6 Å². The van der Waals surface area contributed by atoms with E-state index >= 15 is 0 Å². The van der Waals surface area contributed by atoms with Crippen molar-refractivity contribution in [2.24, 2.45) is 7.05 Å². The van der Waals surface area contributed by atoms with Gasteiger partial charge in [-0.1, -0.05) is 35.5 Å². The first kappa shape index (κ1) is 16.6. The number of halogens is 1. The fourth-order valence-electron chi connectivity index (χ4n) is 2.25. The molecule has 124 valence electrons. The minimum Gasteiger partial charge on any atom is -0.319 e. The molecule has 0 fully saturated rings. The SMILES string of the molecule is Cc1n[nH]c(C)c1Sc1ccccc1NC(=O)c1nn(C)cc1Cl. The summed E-state index contributed by atoms with van der Waals surface area (Å²) in [7, 11) is 1.72. The predicted molar refractivity (Wildman–Crippen MR) is 94.8 cm³/mol. The number of aromatic amines is 1. The normalized spacial score (nSPS) is 10.8. The third-order valence-corrected chi connectivity index (χ3v) is 5.07. The summed E-state index contributed by atoms with van der Waals surface area (Å²) < 4.78 is 1.51. The van der Waals surface area contributed by atoms with Crippen molar-refractivity contribution in [2.45, 2.75) is 23.6 Å². The molecule has 0 bridgehead atoms. The van der Waals surface area contributed by atoms with Crippen LogP contribution in [0, 0.1) is 13.8 Å². The van der Waals surface area contributed by atoms with Gasteiger partial charge in [0.05, 0.1) is 21.3 Å². The number of para-hydroxylation sites is 1. The molecular weight excluding hydrogens is 346 g/mol. The van der Waals surface area contributed by atoms with E-state index in [1.807, 2.05) is 38.1 Å². The van der Waals surface area contributed by atoms with Crippen LogP contribution in [0.15, 0.2) is 40.3 Å². The average Bonchev–Trinajstić information content (AvgIpc) is 3.04. The highest BCUT2D eigenvalue weighted by Gasteiger charge is 2.17. The maximum absolute atomic E-state index is 12.4. The number of H-pyrrole nitrogens is 1. The molecule has 0 atom stereocenters. The van der Waals surface area contributed by atoms with Gasteiger partial charge in [-0.3, -0.25) is 14.6 Å². The van der Waals surface area contributed by atoms with Gasteiger partial charge in [0, 0.05) is 23.8 Å². The number of aryl methyl sites for hydroxylation is 3. The summed E-state index contributed by atoms with van der Waals surface area (Å²) in [6, 6.07) is 7.60. The van der Waals surface area contributed by atoms with Crippen molar-refractivity contribution in [2.75, 3.05) is 5.32 Å². The second-order valence-electron chi connectivity index (χ2n) is 5.31. The van der Waals surface area contributed by atoms with Crippen molar-refractivity contribution in [3.05, 3.63) is 52.6 Å². The fourth-order valence-corrected chi connectivity index (χ4v) is 3.51. The molecule has 24 heavy (non-hydrogen) atoms. The predicted octanol–water partition coefficient (Wildman–Crippen LogP) is 3.82. The number of carbonyl (C=O) groups is 1. The number of nitrogens with one attached hydrogen (secondary N) is 2. The summed E-state index contributed by atoms with van der Waals surface area (Å²) in [6.45, 7) is 3.91. The minimum atomic E-state index is -0.339. The smallest absolute Gasteiger partial charge is 0.277 e. The van der Waals surface area contributed by atoms with Gasteiger partial charge >= 0.3 is 0 Å². The first-order valence-electron chi connectivity index (χ1n) is 7.24. The highest BCUT2D eigenvalue weighted by molar-refractivity contribution is 7.99. The van der Waals surface area contributed by atoms with Crippen molar-refractivity contribution in [3.8, 4) is 0 Å². The van der Waals surface area contributed by atoms with Gasteiger partial charge in [0.15, 0.2) is 5.69 Å². The largest absolute Gasteiger partial charge is 0.319 e. The minimum absolute atomic E-state index is 0.203. The van der Waals surface area contributed by atoms with Crippen LogP contribution in [0.2, 0.25) is 5.02 Å².